The van der Waals surface area contributed by atoms with Gasteiger partial charge in [0.05, 0.1) is 12.1 Å². The number of unbranched alkanes of at least 4 members (excludes halogenated alkanes) is 1. The maximum Gasteiger partial charge on any atom is 0.246 e. The highest BCUT2D eigenvalue weighted by Crippen LogP contribution is 2.25. The Kier molecular flexibility index (Phi) is 8.52. The minimum atomic E-state index is -0.597. The van der Waals surface area contributed by atoms with Gasteiger partial charge in [-0.3, -0.25) is 14.6 Å². The smallest absolute Gasteiger partial charge is 0.246 e. The summed E-state index contributed by atoms with van der Waals surface area (Å²) in [4.78, 5) is 29.1. The number of pyridine rings is 1. The summed E-state index contributed by atoms with van der Waals surface area (Å²) in [5.74, 6) is -0.480. The van der Waals surface area contributed by atoms with Crippen LogP contribution in [0.3, 0.4) is 0 Å². The monoisotopic (exact) mass is 448 g/mol. The van der Waals surface area contributed by atoms with Crippen molar-refractivity contribution in [2.24, 2.45) is 5.73 Å². The lowest BCUT2D eigenvalue weighted by atomic mass is 9.99. The van der Waals surface area contributed by atoms with Crippen LogP contribution in [0.1, 0.15) is 48.6 Å². The number of nitrogens with two attached hydrogens (primary N) is 1. The van der Waals surface area contributed by atoms with Crippen molar-refractivity contribution in [3.8, 4) is 0 Å². The molecule has 33 heavy (non-hydrogen) atoms. The fourth-order valence-corrected chi connectivity index (χ4v) is 4.01. The Labute approximate surface area is 194 Å². The molecule has 1 heterocycles. The van der Waals surface area contributed by atoms with Gasteiger partial charge in [0.15, 0.2) is 0 Å². The van der Waals surface area contributed by atoms with Gasteiger partial charge in [-0.05, 0) is 74.0 Å². The molecule has 2 amide bonds. The Morgan fingerprint density at radius 1 is 1.09 bits per heavy atom. The van der Waals surface area contributed by atoms with E-state index in [9.17, 15) is 14.7 Å². The summed E-state index contributed by atoms with van der Waals surface area (Å²) in [5.41, 5.74) is 10.9. The zero-order chi connectivity index (χ0) is 23.8. The van der Waals surface area contributed by atoms with Crippen LogP contribution >= 0.6 is 0 Å². The minimum absolute atomic E-state index is 0.0361. The van der Waals surface area contributed by atoms with E-state index in [1.54, 1.807) is 0 Å². The molecule has 5 N–H and O–H groups in total. The predicted molar refractivity (Wildman–Crippen MR) is 131 cm³/mol. The van der Waals surface area contributed by atoms with E-state index < -0.39 is 6.04 Å². The van der Waals surface area contributed by atoms with Crippen molar-refractivity contribution in [2.45, 2.75) is 52.2 Å². The zero-order valence-electron chi connectivity index (χ0n) is 19.2. The van der Waals surface area contributed by atoms with E-state index in [4.69, 9.17) is 10.7 Å². The van der Waals surface area contributed by atoms with Crippen LogP contribution in [-0.2, 0) is 22.6 Å². The number of anilines is 1. The third-order valence-corrected chi connectivity index (χ3v) is 5.54. The number of benzene rings is 2. The van der Waals surface area contributed by atoms with Gasteiger partial charge < -0.3 is 21.5 Å². The highest BCUT2D eigenvalue weighted by atomic mass is 16.3. The number of fused-ring (bicyclic) bond motifs is 1. The summed E-state index contributed by atoms with van der Waals surface area (Å²) in [7, 11) is 0. The molecular weight excluding hydrogens is 416 g/mol. The van der Waals surface area contributed by atoms with Crippen molar-refractivity contribution < 1.29 is 14.7 Å². The van der Waals surface area contributed by atoms with Gasteiger partial charge in [-0.1, -0.05) is 30.3 Å². The fraction of sp³-hybridized carbons (Fsp3) is 0.346. The van der Waals surface area contributed by atoms with Crippen molar-refractivity contribution in [1.29, 1.82) is 0 Å². The number of nitrogens with one attached hydrogen (secondary N) is 2. The number of aliphatic hydroxyl groups excluding tert-OH is 1. The van der Waals surface area contributed by atoms with E-state index >= 15 is 0 Å². The molecule has 0 bridgehead atoms. The molecule has 0 fully saturated rings. The summed E-state index contributed by atoms with van der Waals surface area (Å²) in [6.07, 6.45) is 2.73. The summed E-state index contributed by atoms with van der Waals surface area (Å²) >= 11 is 0. The summed E-state index contributed by atoms with van der Waals surface area (Å²) < 4.78 is 0. The number of para-hydroxylation sites is 1. The Bertz CT molecular complexity index is 1130. The number of hydrogen-bond acceptors (Lipinski definition) is 5. The molecule has 174 valence electrons. The van der Waals surface area contributed by atoms with Gasteiger partial charge in [-0.2, -0.15) is 0 Å². The molecule has 0 saturated carbocycles. The number of carbonyl (C=O) groups excluding carboxylic acids is 2. The number of amides is 2. The molecular formula is C26H32N4O3. The molecule has 1 aromatic heterocycles. The Hall–Kier alpha value is -3.29. The normalized spacial score (nSPS) is 11.9. The Morgan fingerprint density at radius 2 is 1.88 bits per heavy atom. The molecule has 7 heteroatoms. The number of aromatic nitrogens is 1. The third-order valence-electron chi connectivity index (χ3n) is 5.54. The lowest BCUT2D eigenvalue weighted by Gasteiger charge is -2.18. The maximum absolute atomic E-state index is 12.8. The quantitative estimate of drug-likeness (QED) is 0.355. The number of carbonyl (C=O) groups is 2. The van der Waals surface area contributed by atoms with Crippen LogP contribution in [0.5, 0.6) is 0 Å². The van der Waals surface area contributed by atoms with Crippen molar-refractivity contribution in [3.05, 3.63) is 70.9 Å². The minimum Gasteiger partial charge on any atom is -0.392 e. The summed E-state index contributed by atoms with van der Waals surface area (Å²) in [5, 5.41) is 16.3. The first-order valence-corrected chi connectivity index (χ1v) is 11.3. The van der Waals surface area contributed by atoms with Gasteiger partial charge >= 0.3 is 0 Å². The molecule has 0 saturated heterocycles. The fourth-order valence-electron chi connectivity index (χ4n) is 4.01. The van der Waals surface area contributed by atoms with Gasteiger partial charge in [0, 0.05) is 23.7 Å². The van der Waals surface area contributed by atoms with E-state index in [2.05, 4.69) is 10.6 Å². The van der Waals surface area contributed by atoms with Crippen molar-refractivity contribution >= 4 is 28.4 Å². The molecule has 0 aliphatic heterocycles. The second-order valence-corrected chi connectivity index (χ2v) is 8.30. The molecule has 0 aliphatic carbocycles. The van der Waals surface area contributed by atoms with E-state index in [0.29, 0.717) is 25.1 Å². The molecule has 2 aromatic carbocycles. The highest BCUT2D eigenvalue weighted by Gasteiger charge is 2.19. The second-order valence-electron chi connectivity index (χ2n) is 8.30. The maximum atomic E-state index is 12.8. The lowest BCUT2D eigenvalue weighted by molar-refractivity contribution is -0.125. The van der Waals surface area contributed by atoms with Crippen molar-refractivity contribution in [2.75, 3.05) is 11.9 Å². The predicted octanol–water partition coefficient (Wildman–Crippen LogP) is 3.20. The number of rotatable bonds is 10. The second kappa shape index (κ2) is 11.5. The van der Waals surface area contributed by atoms with Gasteiger partial charge in [0.1, 0.15) is 6.04 Å². The first kappa shape index (κ1) is 24.4. The van der Waals surface area contributed by atoms with E-state index in [1.807, 2.05) is 55.5 Å². The molecule has 1 atom stereocenters. The van der Waals surface area contributed by atoms with Crippen molar-refractivity contribution in [3.63, 3.8) is 0 Å². The summed E-state index contributed by atoms with van der Waals surface area (Å²) in [6, 6.07) is 15.0. The SMILES string of the molecule is CC(=O)N[C@@H](CCCCN)C(=O)Nc1cccc(Cc2cccc3c(CO)cc(C)nc23)c1. The molecule has 0 spiro atoms. The molecule has 7 nitrogen and oxygen atoms in total. The Balaban J connectivity index is 1.79. The summed E-state index contributed by atoms with van der Waals surface area (Å²) in [6.45, 7) is 3.85. The molecule has 0 aliphatic rings. The lowest BCUT2D eigenvalue weighted by Crippen LogP contribution is -2.42. The molecule has 0 unspecified atom stereocenters. The average molecular weight is 449 g/mol. The van der Waals surface area contributed by atoms with Gasteiger partial charge in [-0.25, -0.2) is 0 Å². The van der Waals surface area contributed by atoms with Crippen LogP contribution in [0, 0.1) is 6.92 Å². The Morgan fingerprint density at radius 3 is 2.61 bits per heavy atom. The number of aryl methyl sites for hydroxylation is 1. The molecule has 3 rings (SSSR count). The topological polar surface area (TPSA) is 117 Å². The first-order valence-electron chi connectivity index (χ1n) is 11.3. The molecule has 3 aromatic rings. The van der Waals surface area contributed by atoms with E-state index in [1.165, 1.54) is 6.92 Å². The van der Waals surface area contributed by atoms with Gasteiger partial charge in [-0.15, -0.1) is 0 Å². The number of nitrogens with zero attached hydrogens (tertiary/aromatic N) is 1. The first-order chi connectivity index (χ1) is 15.9. The van der Waals surface area contributed by atoms with E-state index in [0.717, 1.165) is 46.1 Å². The van der Waals surface area contributed by atoms with Crippen molar-refractivity contribution in [1.82, 2.24) is 10.3 Å². The van der Waals surface area contributed by atoms with Crippen LogP contribution < -0.4 is 16.4 Å². The van der Waals surface area contributed by atoms with Gasteiger partial charge in [0.2, 0.25) is 11.8 Å². The van der Waals surface area contributed by atoms with Crippen LogP contribution in [0.15, 0.2) is 48.5 Å². The van der Waals surface area contributed by atoms with Crippen LogP contribution in [0.2, 0.25) is 0 Å². The largest absolute Gasteiger partial charge is 0.392 e. The highest BCUT2D eigenvalue weighted by molar-refractivity contribution is 5.97. The zero-order valence-corrected chi connectivity index (χ0v) is 19.2. The van der Waals surface area contributed by atoms with Gasteiger partial charge in [0.25, 0.3) is 0 Å². The number of hydrogen-bond donors (Lipinski definition) is 4. The third kappa shape index (κ3) is 6.60. The standard InChI is InChI=1S/C26H32N4O3/c1-17-13-21(16-31)23-10-6-8-20(25(23)28-17)14-19-7-5-9-22(15-19)30-26(33)24(29-18(2)32)11-3-4-12-27/h5-10,13,15,24,31H,3-4,11-12,14,16,27H2,1-2H3,(H,29,32)(H,30,33)/t24-/m0/s1. The molecule has 0 radical (unpaired) electrons. The van der Waals surface area contributed by atoms with Crippen LogP contribution in [0.25, 0.3) is 10.9 Å². The van der Waals surface area contributed by atoms with Crippen LogP contribution in [-0.4, -0.2) is 34.5 Å². The van der Waals surface area contributed by atoms with E-state index in [-0.39, 0.29) is 18.4 Å². The van der Waals surface area contributed by atoms with Crippen LogP contribution in [0.4, 0.5) is 5.69 Å². The average Bonchev–Trinajstić information content (AvgIpc) is 2.78. The number of aliphatic hydroxyl groups is 1.